The standard InChI is InChI=1S/C14H18N2O2/c1-8(2)13-10(11-7-12(15)18-16-11)6-5-9(3)14(13)17-4/h5-8H,15H2,1-4H3. The molecule has 0 saturated carbocycles. The topological polar surface area (TPSA) is 61.3 Å². The summed E-state index contributed by atoms with van der Waals surface area (Å²) >= 11 is 0. The molecule has 96 valence electrons. The Morgan fingerprint density at radius 3 is 2.56 bits per heavy atom. The van der Waals surface area contributed by atoms with Crippen LogP contribution < -0.4 is 10.5 Å². The van der Waals surface area contributed by atoms with Crippen molar-refractivity contribution in [2.45, 2.75) is 26.7 Å². The lowest BCUT2D eigenvalue weighted by Crippen LogP contribution is -2.00. The molecule has 1 heterocycles. The zero-order valence-electron chi connectivity index (χ0n) is 11.2. The van der Waals surface area contributed by atoms with Crippen molar-refractivity contribution >= 4 is 5.88 Å². The van der Waals surface area contributed by atoms with Crippen LogP contribution in [0.1, 0.15) is 30.9 Å². The lowest BCUT2D eigenvalue weighted by atomic mass is 9.92. The van der Waals surface area contributed by atoms with E-state index in [1.807, 2.05) is 19.1 Å². The number of methoxy groups -OCH3 is 1. The van der Waals surface area contributed by atoms with E-state index in [1.165, 1.54) is 0 Å². The van der Waals surface area contributed by atoms with Crippen LogP contribution in [0.15, 0.2) is 22.7 Å². The number of aromatic nitrogens is 1. The van der Waals surface area contributed by atoms with Gasteiger partial charge in [0.25, 0.3) is 0 Å². The van der Waals surface area contributed by atoms with Gasteiger partial charge in [-0.15, -0.1) is 0 Å². The molecule has 0 amide bonds. The van der Waals surface area contributed by atoms with E-state index in [0.717, 1.165) is 28.1 Å². The Balaban J connectivity index is 2.67. The predicted molar refractivity (Wildman–Crippen MR) is 71.7 cm³/mol. The first-order valence-electron chi connectivity index (χ1n) is 5.94. The third-order valence-electron chi connectivity index (χ3n) is 2.98. The maximum Gasteiger partial charge on any atom is 0.222 e. The fourth-order valence-corrected chi connectivity index (χ4v) is 2.19. The number of anilines is 1. The van der Waals surface area contributed by atoms with Crippen molar-refractivity contribution in [3.63, 3.8) is 0 Å². The molecule has 0 radical (unpaired) electrons. The normalized spacial score (nSPS) is 10.9. The van der Waals surface area contributed by atoms with Crippen LogP contribution in [0.5, 0.6) is 5.75 Å². The Bertz CT molecular complexity index is 559. The lowest BCUT2D eigenvalue weighted by molar-refractivity contribution is 0.404. The molecule has 0 unspecified atom stereocenters. The highest BCUT2D eigenvalue weighted by Gasteiger charge is 2.18. The second-order valence-electron chi connectivity index (χ2n) is 4.65. The van der Waals surface area contributed by atoms with Gasteiger partial charge in [-0.05, 0) is 18.4 Å². The van der Waals surface area contributed by atoms with Gasteiger partial charge in [-0.3, -0.25) is 0 Å². The average molecular weight is 246 g/mol. The van der Waals surface area contributed by atoms with Crippen LogP contribution >= 0.6 is 0 Å². The Kier molecular flexibility index (Phi) is 3.28. The van der Waals surface area contributed by atoms with Gasteiger partial charge in [0, 0.05) is 17.2 Å². The summed E-state index contributed by atoms with van der Waals surface area (Å²) in [7, 11) is 1.69. The second kappa shape index (κ2) is 4.72. The van der Waals surface area contributed by atoms with Crippen molar-refractivity contribution in [2.75, 3.05) is 12.8 Å². The number of hydrogen-bond donors (Lipinski definition) is 1. The Morgan fingerprint density at radius 2 is 2.06 bits per heavy atom. The minimum absolute atomic E-state index is 0.319. The summed E-state index contributed by atoms with van der Waals surface area (Å²) in [6.07, 6.45) is 0. The lowest BCUT2D eigenvalue weighted by Gasteiger charge is -2.17. The van der Waals surface area contributed by atoms with Gasteiger partial charge in [0.05, 0.1) is 7.11 Å². The van der Waals surface area contributed by atoms with E-state index in [9.17, 15) is 0 Å². The molecule has 2 rings (SSSR count). The number of rotatable bonds is 3. The fraction of sp³-hybridized carbons (Fsp3) is 0.357. The van der Waals surface area contributed by atoms with Crippen LogP contribution in [0.25, 0.3) is 11.3 Å². The van der Waals surface area contributed by atoms with Gasteiger partial charge in [-0.25, -0.2) is 0 Å². The van der Waals surface area contributed by atoms with Crippen molar-refractivity contribution in [1.82, 2.24) is 5.16 Å². The fourth-order valence-electron chi connectivity index (χ4n) is 2.19. The second-order valence-corrected chi connectivity index (χ2v) is 4.65. The van der Waals surface area contributed by atoms with Crippen molar-refractivity contribution < 1.29 is 9.26 Å². The van der Waals surface area contributed by atoms with Gasteiger partial charge in [0.15, 0.2) is 0 Å². The van der Waals surface area contributed by atoms with Crippen LogP contribution in [0, 0.1) is 6.92 Å². The molecule has 1 aromatic heterocycles. The molecule has 4 heteroatoms. The molecule has 0 spiro atoms. The van der Waals surface area contributed by atoms with Crippen molar-refractivity contribution in [3.8, 4) is 17.0 Å². The number of nitrogen functional groups attached to an aromatic ring is 1. The van der Waals surface area contributed by atoms with Gasteiger partial charge in [0.2, 0.25) is 5.88 Å². The zero-order chi connectivity index (χ0) is 13.3. The first kappa shape index (κ1) is 12.5. The highest BCUT2D eigenvalue weighted by atomic mass is 16.5. The molecule has 0 fully saturated rings. The molecule has 0 bridgehead atoms. The van der Waals surface area contributed by atoms with E-state index in [2.05, 4.69) is 19.0 Å². The van der Waals surface area contributed by atoms with Crippen molar-refractivity contribution in [1.29, 1.82) is 0 Å². The molecular formula is C14H18N2O2. The van der Waals surface area contributed by atoms with E-state index in [4.69, 9.17) is 15.0 Å². The first-order valence-corrected chi connectivity index (χ1v) is 5.94. The monoisotopic (exact) mass is 246 g/mol. The van der Waals surface area contributed by atoms with Crippen LogP contribution in [0.3, 0.4) is 0 Å². The Morgan fingerprint density at radius 1 is 1.33 bits per heavy atom. The number of hydrogen-bond acceptors (Lipinski definition) is 4. The summed E-state index contributed by atoms with van der Waals surface area (Å²) in [6.45, 7) is 6.29. The van der Waals surface area contributed by atoms with Crippen LogP contribution in [-0.4, -0.2) is 12.3 Å². The van der Waals surface area contributed by atoms with Crippen LogP contribution in [0.2, 0.25) is 0 Å². The molecule has 0 saturated heterocycles. The SMILES string of the molecule is COc1c(C)ccc(-c2cc(N)on2)c1C(C)C. The molecule has 4 nitrogen and oxygen atoms in total. The smallest absolute Gasteiger partial charge is 0.222 e. The van der Waals surface area contributed by atoms with Gasteiger partial charge in [-0.2, -0.15) is 0 Å². The first-order chi connectivity index (χ1) is 8.54. The number of nitrogens with zero attached hydrogens (tertiary/aromatic N) is 1. The number of ether oxygens (including phenoxy) is 1. The Labute approximate surface area is 107 Å². The predicted octanol–water partition coefficient (Wildman–Crippen LogP) is 3.36. The molecule has 2 aromatic rings. The maximum atomic E-state index is 5.58. The third kappa shape index (κ3) is 2.06. The summed E-state index contributed by atoms with van der Waals surface area (Å²) < 4.78 is 10.5. The summed E-state index contributed by atoms with van der Waals surface area (Å²) in [5.74, 6) is 1.55. The molecule has 0 aliphatic carbocycles. The minimum atomic E-state index is 0.319. The van der Waals surface area contributed by atoms with Crippen molar-refractivity contribution in [2.24, 2.45) is 0 Å². The largest absolute Gasteiger partial charge is 0.496 e. The summed E-state index contributed by atoms with van der Waals surface area (Å²) in [4.78, 5) is 0. The van der Waals surface area contributed by atoms with Crippen molar-refractivity contribution in [3.05, 3.63) is 29.3 Å². The van der Waals surface area contributed by atoms with Crippen LogP contribution in [0.4, 0.5) is 5.88 Å². The van der Waals surface area contributed by atoms with E-state index < -0.39 is 0 Å². The number of nitrogens with two attached hydrogens (primary N) is 1. The number of aryl methyl sites for hydroxylation is 1. The molecule has 0 aliphatic heterocycles. The molecule has 0 aliphatic rings. The Hall–Kier alpha value is -1.97. The summed E-state index contributed by atoms with van der Waals surface area (Å²) in [5, 5.41) is 3.98. The summed E-state index contributed by atoms with van der Waals surface area (Å²) in [6, 6.07) is 5.78. The molecule has 1 aromatic carbocycles. The van der Waals surface area contributed by atoms with E-state index in [1.54, 1.807) is 13.2 Å². The van der Waals surface area contributed by atoms with E-state index in [-0.39, 0.29) is 0 Å². The maximum absolute atomic E-state index is 5.58. The minimum Gasteiger partial charge on any atom is -0.496 e. The van der Waals surface area contributed by atoms with Gasteiger partial charge in [-0.1, -0.05) is 31.1 Å². The molecule has 0 atom stereocenters. The van der Waals surface area contributed by atoms with Gasteiger partial charge < -0.3 is 15.0 Å². The van der Waals surface area contributed by atoms with Crippen LogP contribution in [-0.2, 0) is 0 Å². The third-order valence-corrected chi connectivity index (χ3v) is 2.98. The van der Waals surface area contributed by atoms with E-state index >= 15 is 0 Å². The van der Waals surface area contributed by atoms with Gasteiger partial charge >= 0.3 is 0 Å². The zero-order valence-corrected chi connectivity index (χ0v) is 11.2. The molecular weight excluding hydrogens is 228 g/mol. The molecule has 18 heavy (non-hydrogen) atoms. The highest BCUT2D eigenvalue weighted by molar-refractivity contribution is 5.70. The highest BCUT2D eigenvalue weighted by Crippen LogP contribution is 2.38. The van der Waals surface area contributed by atoms with Gasteiger partial charge in [0.1, 0.15) is 11.4 Å². The van der Waals surface area contributed by atoms with E-state index in [0.29, 0.717) is 11.8 Å². The summed E-state index contributed by atoms with van der Waals surface area (Å²) in [5.41, 5.74) is 9.58. The average Bonchev–Trinajstić information content (AvgIpc) is 2.75. The quantitative estimate of drug-likeness (QED) is 0.902. The molecule has 2 N–H and O–H groups in total. The number of benzene rings is 1.